The lowest BCUT2D eigenvalue weighted by Crippen LogP contribution is -2.25. The highest BCUT2D eigenvalue weighted by Crippen LogP contribution is 2.36. The zero-order valence-corrected chi connectivity index (χ0v) is 19.4. The Kier molecular flexibility index (Phi) is 7.37. The summed E-state index contributed by atoms with van der Waals surface area (Å²) in [6.07, 6.45) is 0.000871. The van der Waals surface area contributed by atoms with Gasteiger partial charge in [-0.1, -0.05) is 36.4 Å². The second-order valence-electron chi connectivity index (χ2n) is 8.14. The number of rotatable bonds is 8. The molecule has 33 heavy (non-hydrogen) atoms. The van der Waals surface area contributed by atoms with Crippen LogP contribution < -0.4 is 18.9 Å². The van der Waals surface area contributed by atoms with E-state index in [0.29, 0.717) is 31.9 Å². The molecule has 6 nitrogen and oxygen atoms in total. The monoisotopic (exact) mass is 449 g/mol. The molecule has 0 aliphatic carbocycles. The molecule has 1 N–H and O–H groups in total. The lowest BCUT2D eigenvalue weighted by atomic mass is 9.99. The molecule has 0 saturated heterocycles. The summed E-state index contributed by atoms with van der Waals surface area (Å²) in [5.41, 5.74) is 4.02. The Labute approximate surface area is 195 Å². The average Bonchev–Trinajstić information content (AvgIpc) is 3.05. The van der Waals surface area contributed by atoms with Crippen LogP contribution >= 0.6 is 0 Å². The van der Waals surface area contributed by atoms with E-state index in [-0.39, 0.29) is 0 Å². The SMILES string of the molecule is COc1cc(OC)c(CN2CCOc3ccc([C@H](O)Cc4ccccc4)cc3C2)c(OC)c1. The molecule has 0 spiro atoms. The van der Waals surface area contributed by atoms with E-state index < -0.39 is 6.10 Å². The van der Waals surface area contributed by atoms with Crippen molar-refractivity contribution >= 4 is 0 Å². The van der Waals surface area contributed by atoms with Crippen molar-refractivity contribution < 1.29 is 24.1 Å². The van der Waals surface area contributed by atoms with E-state index in [1.165, 1.54) is 0 Å². The fourth-order valence-electron chi connectivity index (χ4n) is 4.22. The van der Waals surface area contributed by atoms with Gasteiger partial charge in [-0.05, 0) is 23.3 Å². The van der Waals surface area contributed by atoms with Crippen molar-refractivity contribution in [2.45, 2.75) is 25.6 Å². The summed E-state index contributed by atoms with van der Waals surface area (Å²) in [6.45, 7) is 2.67. The largest absolute Gasteiger partial charge is 0.496 e. The van der Waals surface area contributed by atoms with Gasteiger partial charge in [0, 0.05) is 43.8 Å². The highest BCUT2D eigenvalue weighted by atomic mass is 16.5. The maximum atomic E-state index is 10.8. The third kappa shape index (κ3) is 5.41. The predicted octanol–water partition coefficient (Wildman–Crippen LogP) is 4.38. The number of hydrogen-bond acceptors (Lipinski definition) is 6. The van der Waals surface area contributed by atoms with Crippen molar-refractivity contribution in [2.24, 2.45) is 0 Å². The highest BCUT2D eigenvalue weighted by molar-refractivity contribution is 5.51. The van der Waals surface area contributed by atoms with Crippen molar-refractivity contribution in [3.63, 3.8) is 0 Å². The maximum Gasteiger partial charge on any atom is 0.130 e. The fourth-order valence-corrected chi connectivity index (χ4v) is 4.22. The zero-order valence-electron chi connectivity index (χ0n) is 19.4. The minimum atomic E-state index is -0.573. The molecule has 0 amide bonds. The molecular weight excluding hydrogens is 418 g/mol. The number of methoxy groups -OCH3 is 3. The topological polar surface area (TPSA) is 60.4 Å². The molecule has 3 aromatic rings. The second kappa shape index (κ2) is 10.6. The minimum Gasteiger partial charge on any atom is -0.496 e. The number of benzene rings is 3. The predicted molar refractivity (Wildman–Crippen MR) is 127 cm³/mol. The van der Waals surface area contributed by atoms with Gasteiger partial charge in [0.15, 0.2) is 0 Å². The molecule has 174 valence electrons. The summed E-state index contributed by atoms with van der Waals surface area (Å²) in [7, 11) is 4.93. The van der Waals surface area contributed by atoms with Crippen LogP contribution in [0.1, 0.15) is 28.4 Å². The van der Waals surface area contributed by atoms with E-state index in [9.17, 15) is 5.11 Å². The van der Waals surface area contributed by atoms with Crippen LogP contribution in [0.2, 0.25) is 0 Å². The van der Waals surface area contributed by atoms with Crippen molar-refractivity contribution in [1.29, 1.82) is 0 Å². The third-order valence-electron chi connectivity index (χ3n) is 6.00. The molecule has 1 aliphatic rings. The van der Waals surface area contributed by atoms with Gasteiger partial charge in [0.05, 0.1) is 33.0 Å². The maximum absolute atomic E-state index is 10.8. The molecule has 0 aromatic heterocycles. The lowest BCUT2D eigenvalue weighted by molar-refractivity contribution is 0.178. The van der Waals surface area contributed by atoms with Gasteiger partial charge in [-0.25, -0.2) is 0 Å². The first-order valence-electron chi connectivity index (χ1n) is 11.1. The van der Waals surface area contributed by atoms with Crippen LogP contribution in [0.3, 0.4) is 0 Å². The quantitative estimate of drug-likeness (QED) is 0.551. The number of aliphatic hydroxyl groups is 1. The number of ether oxygens (including phenoxy) is 4. The van der Waals surface area contributed by atoms with Gasteiger partial charge in [0.25, 0.3) is 0 Å². The Morgan fingerprint density at radius 2 is 1.67 bits per heavy atom. The highest BCUT2D eigenvalue weighted by Gasteiger charge is 2.21. The molecule has 6 heteroatoms. The van der Waals surface area contributed by atoms with E-state index in [4.69, 9.17) is 18.9 Å². The normalized spacial score (nSPS) is 14.5. The zero-order chi connectivity index (χ0) is 23.2. The smallest absolute Gasteiger partial charge is 0.130 e. The van der Waals surface area contributed by atoms with Crippen LogP contribution in [0.4, 0.5) is 0 Å². The van der Waals surface area contributed by atoms with Gasteiger partial charge in [-0.15, -0.1) is 0 Å². The summed E-state index contributed by atoms with van der Waals surface area (Å²) >= 11 is 0. The Hall–Kier alpha value is -3.22. The molecule has 0 radical (unpaired) electrons. The van der Waals surface area contributed by atoms with Crippen molar-refractivity contribution in [3.8, 4) is 23.0 Å². The summed E-state index contributed by atoms with van der Waals surface area (Å²) in [5, 5.41) is 10.8. The van der Waals surface area contributed by atoms with Gasteiger partial charge in [0.2, 0.25) is 0 Å². The van der Waals surface area contributed by atoms with Gasteiger partial charge in [0.1, 0.15) is 29.6 Å². The number of aliphatic hydroxyl groups excluding tert-OH is 1. The van der Waals surface area contributed by atoms with Gasteiger partial charge in [-0.2, -0.15) is 0 Å². The van der Waals surface area contributed by atoms with E-state index in [0.717, 1.165) is 46.0 Å². The number of hydrogen-bond donors (Lipinski definition) is 1. The first-order valence-corrected chi connectivity index (χ1v) is 11.1. The molecule has 3 aromatic carbocycles. The summed E-state index contributed by atoms with van der Waals surface area (Å²) in [4.78, 5) is 2.30. The number of nitrogens with zero attached hydrogens (tertiary/aromatic N) is 1. The number of fused-ring (bicyclic) bond motifs is 1. The summed E-state index contributed by atoms with van der Waals surface area (Å²) < 4.78 is 22.6. The molecule has 0 fully saturated rings. The molecule has 0 saturated carbocycles. The molecule has 1 heterocycles. The fraction of sp³-hybridized carbons (Fsp3) is 0.333. The van der Waals surface area contributed by atoms with Crippen LogP contribution in [0, 0.1) is 0 Å². The lowest BCUT2D eigenvalue weighted by Gasteiger charge is -2.23. The van der Waals surface area contributed by atoms with Crippen LogP contribution in [0.5, 0.6) is 23.0 Å². The van der Waals surface area contributed by atoms with Crippen LogP contribution in [0.15, 0.2) is 60.7 Å². The molecule has 1 atom stereocenters. The Balaban J connectivity index is 1.55. The van der Waals surface area contributed by atoms with E-state index >= 15 is 0 Å². The van der Waals surface area contributed by atoms with Crippen molar-refractivity contribution in [3.05, 3.63) is 82.9 Å². The van der Waals surface area contributed by atoms with E-state index in [1.54, 1.807) is 21.3 Å². The second-order valence-corrected chi connectivity index (χ2v) is 8.14. The third-order valence-corrected chi connectivity index (χ3v) is 6.00. The van der Waals surface area contributed by atoms with E-state index in [2.05, 4.69) is 11.0 Å². The van der Waals surface area contributed by atoms with Gasteiger partial charge < -0.3 is 24.1 Å². The molecular formula is C27H31NO5. The molecule has 0 bridgehead atoms. The van der Waals surface area contributed by atoms with Crippen molar-refractivity contribution in [1.82, 2.24) is 4.90 Å². The van der Waals surface area contributed by atoms with Crippen LogP contribution in [0.25, 0.3) is 0 Å². The first kappa shape index (κ1) is 23.0. The first-order chi connectivity index (χ1) is 16.1. The van der Waals surface area contributed by atoms with Crippen LogP contribution in [-0.2, 0) is 19.5 Å². The van der Waals surface area contributed by atoms with Crippen molar-refractivity contribution in [2.75, 3.05) is 34.5 Å². The Morgan fingerprint density at radius 3 is 2.33 bits per heavy atom. The van der Waals surface area contributed by atoms with Gasteiger partial charge >= 0.3 is 0 Å². The standard InChI is InChI=1S/C27H31NO5/c1-30-22-15-26(31-2)23(27(16-22)32-3)18-28-11-12-33-25-10-9-20(14-21(25)17-28)24(29)13-19-7-5-4-6-8-19/h4-10,14-16,24,29H,11-13,17-18H2,1-3H3/t24-/m1/s1. The Morgan fingerprint density at radius 1 is 0.939 bits per heavy atom. The van der Waals surface area contributed by atoms with Gasteiger partial charge in [-0.3, -0.25) is 4.90 Å². The minimum absolute atomic E-state index is 0.573. The summed E-state index contributed by atoms with van der Waals surface area (Å²) in [6, 6.07) is 19.8. The average molecular weight is 450 g/mol. The molecule has 4 rings (SSSR count). The van der Waals surface area contributed by atoms with Crippen LogP contribution in [-0.4, -0.2) is 44.5 Å². The molecule has 0 unspecified atom stereocenters. The van der Waals surface area contributed by atoms with E-state index in [1.807, 2.05) is 54.6 Å². The Bertz CT molecular complexity index is 1040. The summed E-state index contributed by atoms with van der Waals surface area (Å²) in [5.74, 6) is 3.00. The molecule has 1 aliphatic heterocycles.